The molecule has 2 heterocycles. The maximum Gasteiger partial charge on any atom is 0.440 e. The van der Waals surface area contributed by atoms with E-state index in [1.165, 1.54) is 21.3 Å². The first-order valence-electron chi connectivity index (χ1n) is 12.6. The second-order valence-corrected chi connectivity index (χ2v) is 9.46. The van der Waals surface area contributed by atoms with Crippen LogP contribution in [0.4, 0.5) is 47.3 Å². The van der Waals surface area contributed by atoms with Crippen molar-refractivity contribution in [3.63, 3.8) is 0 Å². The number of unbranched alkanes of at least 4 members (excludes halogenated alkanes) is 2. The fourth-order valence-electron chi connectivity index (χ4n) is 4.19. The Balaban J connectivity index is 1.91. The van der Waals surface area contributed by atoms with Crippen LogP contribution in [0, 0.1) is 0 Å². The molecule has 12 nitrogen and oxygen atoms in total. The Bertz CT molecular complexity index is 1190. The molecule has 1 aromatic rings. The summed E-state index contributed by atoms with van der Waals surface area (Å²) in [5, 5.41) is 5.95. The van der Waals surface area contributed by atoms with Gasteiger partial charge in [-0.15, -0.1) is 0 Å². The summed E-state index contributed by atoms with van der Waals surface area (Å²) in [6, 6.07) is 0.0276. The first-order chi connectivity index (χ1) is 19.5. The molecule has 8 amide bonds. The number of nitrogens with one attached hydrogen (secondary N) is 4. The van der Waals surface area contributed by atoms with Crippen LogP contribution in [0.2, 0.25) is 0 Å². The number of halogens is 6. The van der Waals surface area contributed by atoms with Gasteiger partial charge in [0, 0.05) is 12.8 Å². The average Bonchev–Trinajstić information content (AvgIpc) is 3.30. The van der Waals surface area contributed by atoms with Gasteiger partial charge in [0.05, 0.1) is 11.4 Å². The Morgan fingerprint density at radius 3 is 1.26 bits per heavy atom. The molecular formula is C24H26F6N6O6. The summed E-state index contributed by atoms with van der Waals surface area (Å²) < 4.78 is 84.0. The molecule has 3 rings (SSSR count). The third kappa shape index (κ3) is 5.56. The van der Waals surface area contributed by atoms with Crippen LogP contribution in [0.1, 0.15) is 52.4 Å². The van der Waals surface area contributed by atoms with Crippen molar-refractivity contribution in [2.75, 3.05) is 9.80 Å². The maximum atomic E-state index is 14.0. The van der Waals surface area contributed by atoms with Gasteiger partial charge < -0.3 is 10.6 Å². The fraction of sp³-hybridized carbons (Fsp3) is 0.500. The number of rotatable bonds is 10. The molecule has 4 N–H and O–H groups in total. The van der Waals surface area contributed by atoms with Crippen LogP contribution in [-0.2, 0) is 19.2 Å². The van der Waals surface area contributed by atoms with E-state index in [-0.39, 0.29) is 35.5 Å². The number of hydrogen-bond acceptors (Lipinski definition) is 6. The number of hydrogen-bond donors (Lipinski definition) is 4. The van der Waals surface area contributed by atoms with Crippen molar-refractivity contribution in [1.82, 2.24) is 21.3 Å². The van der Waals surface area contributed by atoms with Gasteiger partial charge in [-0.2, -0.15) is 26.3 Å². The number of urea groups is 2. The zero-order valence-electron chi connectivity index (χ0n) is 22.2. The number of amides is 8. The molecule has 0 aromatic heterocycles. The Kier molecular flexibility index (Phi) is 8.78. The van der Waals surface area contributed by atoms with E-state index < -0.39 is 70.7 Å². The predicted molar refractivity (Wildman–Crippen MR) is 131 cm³/mol. The molecule has 18 heteroatoms. The van der Waals surface area contributed by atoms with Gasteiger partial charge in [0.2, 0.25) is 11.8 Å². The SMILES string of the molecule is CCCCC(=O)N[C@]1(C(F)(F)F)NC(=O)N(c2ccc(N3C(=O)N[C@](NC(=O)CCCC)(C(F)(F)F)C3=O)cc2)C1=O. The Labute approximate surface area is 234 Å². The minimum atomic E-state index is -5.47. The van der Waals surface area contributed by atoms with Crippen LogP contribution in [0.15, 0.2) is 24.3 Å². The summed E-state index contributed by atoms with van der Waals surface area (Å²) >= 11 is 0. The second kappa shape index (κ2) is 11.5. The van der Waals surface area contributed by atoms with Crippen LogP contribution in [0.25, 0.3) is 0 Å². The Morgan fingerprint density at radius 1 is 0.690 bits per heavy atom. The molecule has 0 aliphatic carbocycles. The van der Waals surface area contributed by atoms with Gasteiger partial charge in [0.25, 0.3) is 23.1 Å². The van der Waals surface area contributed by atoms with Crippen molar-refractivity contribution < 1.29 is 55.1 Å². The van der Waals surface area contributed by atoms with Crippen molar-refractivity contribution in [3.05, 3.63) is 24.3 Å². The summed E-state index contributed by atoms with van der Waals surface area (Å²) in [7, 11) is 0. The van der Waals surface area contributed by atoms with Crippen molar-refractivity contribution in [2.24, 2.45) is 0 Å². The van der Waals surface area contributed by atoms with Crippen molar-refractivity contribution >= 4 is 47.1 Å². The number of carbonyl (C=O) groups excluding carboxylic acids is 6. The smallest absolute Gasteiger partial charge is 0.318 e. The lowest BCUT2D eigenvalue weighted by Crippen LogP contribution is -2.69. The predicted octanol–water partition coefficient (Wildman–Crippen LogP) is 2.93. The first kappa shape index (κ1) is 32.1. The van der Waals surface area contributed by atoms with E-state index in [0.717, 1.165) is 24.3 Å². The minimum Gasteiger partial charge on any atom is -0.318 e. The van der Waals surface area contributed by atoms with E-state index in [1.807, 2.05) is 0 Å². The Hall–Kier alpha value is -4.38. The van der Waals surface area contributed by atoms with Gasteiger partial charge >= 0.3 is 24.4 Å². The summed E-state index contributed by atoms with van der Waals surface area (Å²) in [4.78, 5) is 75.1. The topological polar surface area (TPSA) is 157 Å². The zero-order valence-corrected chi connectivity index (χ0v) is 22.2. The van der Waals surface area contributed by atoms with Crippen LogP contribution in [0.3, 0.4) is 0 Å². The van der Waals surface area contributed by atoms with Crippen molar-refractivity contribution in [2.45, 2.75) is 76.1 Å². The lowest BCUT2D eigenvalue weighted by Gasteiger charge is -2.30. The lowest BCUT2D eigenvalue weighted by molar-refractivity contribution is -0.201. The lowest BCUT2D eigenvalue weighted by atomic mass is 10.1. The third-order valence-corrected chi connectivity index (χ3v) is 6.43. The highest BCUT2D eigenvalue weighted by Crippen LogP contribution is 2.38. The van der Waals surface area contributed by atoms with Crippen LogP contribution >= 0.6 is 0 Å². The molecule has 0 radical (unpaired) electrons. The maximum absolute atomic E-state index is 14.0. The molecule has 0 spiro atoms. The normalized spacial score (nSPS) is 22.8. The summed E-state index contributed by atoms with van der Waals surface area (Å²) in [5.74, 6) is -6.15. The van der Waals surface area contributed by atoms with Gasteiger partial charge in [-0.05, 0) is 37.1 Å². The van der Waals surface area contributed by atoms with E-state index in [1.54, 1.807) is 13.8 Å². The molecule has 2 aliphatic heterocycles. The van der Waals surface area contributed by atoms with E-state index in [9.17, 15) is 55.1 Å². The van der Waals surface area contributed by atoms with Crippen LogP contribution in [-0.4, -0.2) is 59.4 Å². The molecule has 2 saturated heterocycles. The molecule has 1 aromatic carbocycles. The zero-order chi connectivity index (χ0) is 31.7. The van der Waals surface area contributed by atoms with E-state index >= 15 is 0 Å². The summed E-state index contributed by atoms with van der Waals surface area (Å²) in [6.07, 6.45) is -10.4. The van der Waals surface area contributed by atoms with Gasteiger partial charge in [0.1, 0.15) is 0 Å². The molecule has 230 valence electrons. The summed E-state index contributed by atoms with van der Waals surface area (Å²) in [5.41, 5.74) is -8.64. The van der Waals surface area contributed by atoms with Crippen LogP contribution in [0.5, 0.6) is 0 Å². The molecule has 2 atom stereocenters. The van der Waals surface area contributed by atoms with Gasteiger partial charge in [-0.25, -0.2) is 19.4 Å². The monoisotopic (exact) mass is 608 g/mol. The van der Waals surface area contributed by atoms with E-state index in [0.29, 0.717) is 12.8 Å². The first-order valence-corrected chi connectivity index (χ1v) is 12.6. The molecule has 2 aliphatic rings. The number of benzene rings is 1. The number of alkyl halides is 6. The third-order valence-electron chi connectivity index (χ3n) is 6.43. The molecule has 2 fully saturated rings. The molecule has 0 saturated carbocycles. The highest BCUT2D eigenvalue weighted by atomic mass is 19.4. The van der Waals surface area contributed by atoms with Gasteiger partial charge in [-0.3, -0.25) is 29.8 Å². The highest BCUT2D eigenvalue weighted by molar-refractivity contribution is 6.25. The number of anilines is 2. The summed E-state index contributed by atoms with van der Waals surface area (Å²) in [6.45, 7) is 3.35. The molecular weight excluding hydrogens is 582 g/mol. The van der Waals surface area contributed by atoms with E-state index in [2.05, 4.69) is 0 Å². The highest BCUT2D eigenvalue weighted by Gasteiger charge is 2.70. The number of imide groups is 2. The fourth-order valence-corrected chi connectivity index (χ4v) is 4.19. The average molecular weight is 608 g/mol. The minimum absolute atomic E-state index is 0.0389. The molecule has 0 unspecified atom stereocenters. The molecule has 42 heavy (non-hydrogen) atoms. The largest absolute Gasteiger partial charge is 0.440 e. The van der Waals surface area contributed by atoms with Crippen LogP contribution < -0.4 is 31.1 Å². The van der Waals surface area contributed by atoms with Crippen molar-refractivity contribution in [3.8, 4) is 0 Å². The number of nitrogens with zero attached hydrogens (tertiary/aromatic N) is 2. The van der Waals surface area contributed by atoms with Crippen molar-refractivity contribution in [1.29, 1.82) is 0 Å². The van der Waals surface area contributed by atoms with E-state index in [4.69, 9.17) is 0 Å². The Morgan fingerprint density at radius 2 is 1.00 bits per heavy atom. The standard InChI is InChI=1S/C24H26F6N6O6/c1-3-5-7-15(37)31-21(23(25,26)27)17(39)35(19(41)33-21)13-9-11-14(12-10-13)36-18(40)22(24(28,29)30,34-20(36)42)32-16(38)8-6-4-2/h9-12H,3-8H2,1-2H3,(H,31,37)(H,32,38)(H,33,41)(H,34,42)/t21-,22-/m0/s1. The second-order valence-electron chi connectivity index (χ2n) is 9.46. The van der Waals surface area contributed by atoms with Gasteiger partial charge in [0.15, 0.2) is 0 Å². The number of carbonyl (C=O) groups is 6. The van der Waals surface area contributed by atoms with Gasteiger partial charge in [-0.1, -0.05) is 26.7 Å². The quantitative estimate of drug-likeness (QED) is 0.236. The molecule has 0 bridgehead atoms.